The van der Waals surface area contributed by atoms with Gasteiger partial charge in [-0.15, -0.1) is 0 Å². The van der Waals surface area contributed by atoms with Crippen molar-refractivity contribution >= 4 is 23.2 Å². The third kappa shape index (κ3) is 4.20. The van der Waals surface area contributed by atoms with E-state index >= 15 is 0 Å². The lowest BCUT2D eigenvalue weighted by Gasteiger charge is -2.15. The van der Waals surface area contributed by atoms with Crippen LogP contribution in [0.15, 0.2) is 18.2 Å². The standard InChI is InChI=1S/C13H19ClN2O2/c1-8(2)6-11(15)13(17)16-12-7-9(18-3)4-5-10(12)14/h4-5,7-8,11H,6,15H2,1-3H3,(H,16,17)/t11-/m1/s1. The fourth-order valence-electron chi connectivity index (χ4n) is 1.57. The topological polar surface area (TPSA) is 64.3 Å². The number of halogens is 1. The van der Waals surface area contributed by atoms with Crippen molar-refractivity contribution in [3.63, 3.8) is 0 Å². The quantitative estimate of drug-likeness (QED) is 0.865. The van der Waals surface area contributed by atoms with Gasteiger partial charge in [0.2, 0.25) is 5.91 Å². The number of ether oxygens (including phenoxy) is 1. The van der Waals surface area contributed by atoms with Crippen LogP contribution < -0.4 is 15.8 Å². The Morgan fingerprint density at radius 1 is 1.50 bits per heavy atom. The zero-order valence-electron chi connectivity index (χ0n) is 10.9. The molecule has 0 heterocycles. The molecule has 0 saturated carbocycles. The minimum Gasteiger partial charge on any atom is -0.497 e. The van der Waals surface area contributed by atoms with Gasteiger partial charge in [0.15, 0.2) is 0 Å². The molecule has 0 unspecified atom stereocenters. The number of carbonyl (C=O) groups excluding carboxylic acids is 1. The highest BCUT2D eigenvalue weighted by atomic mass is 35.5. The van der Waals surface area contributed by atoms with E-state index in [-0.39, 0.29) is 5.91 Å². The maximum atomic E-state index is 11.9. The SMILES string of the molecule is COc1ccc(Cl)c(NC(=O)[C@H](N)CC(C)C)c1. The van der Waals surface area contributed by atoms with Gasteiger partial charge >= 0.3 is 0 Å². The lowest BCUT2D eigenvalue weighted by molar-refractivity contribution is -0.117. The molecule has 0 saturated heterocycles. The Morgan fingerprint density at radius 2 is 2.17 bits per heavy atom. The van der Waals surface area contributed by atoms with Crippen molar-refractivity contribution in [1.29, 1.82) is 0 Å². The van der Waals surface area contributed by atoms with Crippen LogP contribution in [0.3, 0.4) is 0 Å². The second kappa shape index (κ2) is 6.61. The van der Waals surface area contributed by atoms with E-state index in [1.165, 1.54) is 0 Å². The molecule has 0 fully saturated rings. The van der Waals surface area contributed by atoms with Crippen LogP contribution in [0.5, 0.6) is 5.75 Å². The highest BCUT2D eigenvalue weighted by Crippen LogP contribution is 2.26. The molecule has 18 heavy (non-hydrogen) atoms. The number of hydrogen-bond acceptors (Lipinski definition) is 3. The number of amides is 1. The van der Waals surface area contributed by atoms with Gasteiger partial charge in [0.05, 0.1) is 23.9 Å². The first-order valence-electron chi connectivity index (χ1n) is 5.84. The van der Waals surface area contributed by atoms with Gasteiger partial charge in [-0.25, -0.2) is 0 Å². The molecule has 0 aromatic heterocycles. The number of anilines is 1. The predicted octanol–water partition coefficient (Wildman–Crippen LogP) is 2.66. The van der Waals surface area contributed by atoms with E-state index in [0.29, 0.717) is 28.8 Å². The Bertz CT molecular complexity index is 421. The first-order chi connectivity index (χ1) is 8.43. The molecule has 0 aliphatic carbocycles. The van der Waals surface area contributed by atoms with Crippen LogP contribution in [0.4, 0.5) is 5.69 Å². The first kappa shape index (κ1) is 14.8. The Balaban J connectivity index is 2.74. The molecule has 1 atom stereocenters. The van der Waals surface area contributed by atoms with Crippen molar-refractivity contribution in [3.8, 4) is 5.75 Å². The summed E-state index contributed by atoms with van der Waals surface area (Å²) in [5.41, 5.74) is 6.31. The fourth-order valence-corrected chi connectivity index (χ4v) is 1.73. The Labute approximate surface area is 112 Å². The number of rotatable bonds is 5. The molecule has 3 N–H and O–H groups in total. The molecule has 4 nitrogen and oxygen atoms in total. The van der Waals surface area contributed by atoms with Crippen LogP contribution >= 0.6 is 11.6 Å². The van der Waals surface area contributed by atoms with Gasteiger partial charge in [-0.1, -0.05) is 25.4 Å². The summed E-state index contributed by atoms with van der Waals surface area (Å²) in [6.45, 7) is 4.04. The molecule has 0 aliphatic heterocycles. The lowest BCUT2D eigenvalue weighted by atomic mass is 10.0. The summed E-state index contributed by atoms with van der Waals surface area (Å²) in [4.78, 5) is 11.9. The number of nitrogens with two attached hydrogens (primary N) is 1. The smallest absolute Gasteiger partial charge is 0.241 e. The van der Waals surface area contributed by atoms with Crippen molar-refractivity contribution in [2.45, 2.75) is 26.3 Å². The van der Waals surface area contributed by atoms with Gasteiger partial charge < -0.3 is 15.8 Å². The van der Waals surface area contributed by atoms with Gasteiger partial charge in [-0.05, 0) is 24.5 Å². The maximum absolute atomic E-state index is 11.9. The summed E-state index contributed by atoms with van der Waals surface area (Å²) in [5, 5.41) is 3.17. The van der Waals surface area contributed by atoms with E-state index in [2.05, 4.69) is 5.32 Å². The maximum Gasteiger partial charge on any atom is 0.241 e. The summed E-state index contributed by atoms with van der Waals surface area (Å²) >= 11 is 6.00. The third-order valence-corrected chi connectivity index (χ3v) is 2.82. The molecule has 1 amide bonds. The van der Waals surface area contributed by atoms with E-state index in [9.17, 15) is 4.79 Å². The molecular weight excluding hydrogens is 252 g/mol. The number of carbonyl (C=O) groups is 1. The van der Waals surface area contributed by atoms with Gasteiger partial charge in [0.1, 0.15) is 5.75 Å². The zero-order valence-corrected chi connectivity index (χ0v) is 11.6. The van der Waals surface area contributed by atoms with Gasteiger partial charge in [-0.2, -0.15) is 0 Å². The third-order valence-electron chi connectivity index (χ3n) is 2.49. The summed E-state index contributed by atoms with van der Waals surface area (Å²) in [6.07, 6.45) is 0.632. The first-order valence-corrected chi connectivity index (χ1v) is 6.21. The Hall–Kier alpha value is -1.26. The summed E-state index contributed by atoms with van der Waals surface area (Å²) in [6, 6.07) is 4.53. The summed E-state index contributed by atoms with van der Waals surface area (Å²) in [7, 11) is 1.55. The van der Waals surface area contributed by atoms with Gasteiger partial charge in [0.25, 0.3) is 0 Å². The van der Waals surface area contributed by atoms with E-state index in [4.69, 9.17) is 22.1 Å². The molecule has 0 radical (unpaired) electrons. The molecule has 1 aromatic carbocycles. The van der Waals surface area contributed by atoms with Crippen molar-refractivity contribution < 1.29 is 9.53 Å². The Morgan fingerprint density at radius 3 is 2.72 bits per heavy atom. The van der Waals surface area contributed by atoms with Crippen molar-refractivity contribution in [3.05, 3.63) is 23.2 Å². The second-order valence-electron chi connectivity index (χ2n) is 4.57. The number of hydrogen-bond donors (Lipinski definition) is 2. The molecule has 1 rings (SSSR count). The molecule has 0 aliphatic rings. The second-order valence-corrected chi connectivity index (χ2v) is 4.98. The molecule has 0 spiro atoms. The predicted molar refractivity (Wildman–Crippen MR) is 74.1 cm³/mol. The van der Waals surface area contributed by atoms with Crippen LogP contribution in [0.1, 0.15) is 20.3 Å². The highest BCUT2D eigenvalue weighted by Gasteiger charge is 2.16. The minimum atomic E-state index is -0.535. The highest BCUT2D eigenvalue weighted by molar-refractivity contribution is 6.33. The largest absolute Gasteiger partial charge is 0.497 e. The average molecular weight is 271 g/mol. The van der Waals surface area contributed by atoms with Crippen molar-refractivity contribution in [1.82, 2.24) is 0 Å². The Kier molecular flexibility index (Phi) is 5.44. The fraction of sp³-hybridized carbons (Fsp3) is 0.462. The minimum absolute atomic E-state index is 0.237. The van der Waals surface area contributed by atoms with E-state index in [1.54, 1.807) is 25.3 Å². The van der Waals surface area contributed by atoms with Gasteiger partial charge in [-0.3, -0.25) is 4.79 Å². The van der Waals surface area contributed by atoms with Crippen molar-refractivity contribution in [2.24, 2.45) is 11.7 Å². The molecule has 100 valence electrons. The average Bonchev–Trinajstić information content (AvgIpc) is 2.31. The zero-order chi connectivity index (χ0) is 13.7. The van der Waals surface area contributed by atoms with Crippen LogP contribution in [-0.4, -0.2) is 19.1 Å². The number of methoxy groups -OCH3 is 1. The van der Waals surface area contributed by atoms with Crippen LogP contribution in [0.25, 0.3) is 0 Å². The molecule has 5 heteroatoms. The lowest BCUT2D eigenvalue weighted by Crippen LogP contribution is -2.36. The van der Waals surface area contributed by atoms with Gasteiger partial charge in [0, 0.05) is 6.07 Å². The molecular formula is C13H19ClN2O2. The van der Waals surface area contributed by atoms with Crippen LogP contribution in [-0.2, 0) is 4.79 Å². The van der Waals surface area contributed by atoms with E-state index < -0.39 is 6.04 Å². The molecule has 1 aromatic rings. The number of nitrogens with one attached hydrogen (secondary N) is 1. The monoisotopic (exact) mass is 270 g/mol. The van der Waals surface area contributed by atoms with E-state index in [1.807, 2.05) is 13.8 Å². The summed E-state index contributed by atoms with van der Waals surface area (Å²) < 4.78 is 5.08. The van der Waals surface area contributed by atoms with Crippen LogP contribution in [0.2, 0.25) is 5.02 Å². The van der Waals surface area contributed by atoms with E-state index in [0.717, 1.165) is 0 Å². The molecule has 0 bridgehead atoms. The normalized spacial score (nSPS) is 12.3. The van der Waals surface area contributed by atoms with Crippen molar-refractivity contribution in [2.75, 3.05) is 12.4 Å². The van der Waals surface area contributed by atoms with Crippen LogP contribution in [0, 0.1) is 5.92 Å². The number of benzene rings is 1. The summed E-state index contributed by atoms with van der Waals surface area (Å²) in [5.74, 6) is 0.762.